The van der Waals surface area contributed by atoms with Gasteiger partial charge in [0.05, 0.1) is 6.54 Å². The van der Waals surface area contributed by atoms with E-state index in [2.05, 4.69) is 0 Å². The average molecular weight is 423 g/mol. The van der Waals surface area contributed by atoms with Crippen LogP contribution in [0.5, 0.6) is 0 Å². The SMILES string of the molecule is O=C(CN(Cc1cc(F)cc(F)c1)C1CC1)N1CCSC1c1ccccc1Cl. The summed E-state index contributed by atoms with van der Waals surface area (Å²) in [5.74, 6) is -0.294. The molecule has 2 aliphatic rings. The molecule has 0 N–H and O–H groups in total. The van der Waals surface area contributed by atoms with E-state index in [1.165, 1.54) is 12.1 Å². The smallest absolute Gasteiger partial charge is 0.237 e. The third-order valence-electron chi connectivity index (χ3n) is 5.09. The number of rotatable bonds is 6. The molecular weight excluding hydrogens is 402 g/mol. The molecule has 0 aromatic heterocycles. The van der Waals surface area contributed by atoms with Crippen molar-refractivity contribution in [2.45, 2.75) is 30.8 Å². The Morgan fingerprint density at radius 3 is 2.57 bits per heavy atom. The summed E-state index contributed by atoms with van der Waals surface area (Å²) in [6, 6.07) is 11.4. The molecular formula is C21H21ClF2N2OS. The van der Waals surface area contributed by atoms with Gasteiger partial charge >= 0.3 is 0 Å². The first kappa shape index (κ1) is 19.7. The summed E-state index contributed by atoms with van der Waals surface area (Å²) >= 11 is 8.05. The number of nitrogens with zero attached hydrogens (tertiary/aromatic N) is 2. The van der Waals surface area contributed by atoms with Crippen molar-refractivity contribution in [1.29, 1.82) is 0 Å². The lowest BCUT2D eigenvalue weighted by atomic mass is 10.2. The van der Waals surface area contributed by atoms with Crippen molar-refractivity contribution in [2.75, 3.05) is 18.8 Å². The zero-order chi connectivity index (χ0) is 19.7. The van der Waals surface area contributed by atoms with Crippen LogP contribution in [-0.4, -0.2) is 40.6 Å². The number of hydrogen-bond donors (Lipinski definition) is 0. The number of carbonyl (C=O) groups is 1. The van der Waals surface area contributed by atoms with Gasteiger partial charge in [-0.2, -0.15) is 0 Å². The highest BCUT2D eigenvalue weighted by Crippen LogP contribution is 2.41. The second-order valence-electron chi connectivity index (χ2n) is 7.25. The molecule has 2 fully saturated rings. The van der Waals surface area contributed by atoms with Crippen LogP contribution in [-0.2, 0) is 11.3 Å². The Morgan fingerprint density at radius 1 is 1.18 bits per heavy atom. The average Bonchev–Trinajstić information content (AvgIpc) is 3.37. The minimum Gasteiger partial charge on any atom is -0.325 e. The number of hydrogen-bond acceptors (Lipinski definition) is 3. The van der Waals surface area contributed by atoms with Gasteiger partial charge in [-0.1, -0.05) is 29.8 Å². The first-order chi connectivity index (χ1) is 13.5. The zero-order valence-electron chi connectivity index (χ0n) is 15.3. The van der Waals surface area contributed by atoms with E-state index >= 15 is 0 Å². The number of amides is 1. The Labute approximate surface area is 172 Å². The fraction of sp³-hybridized carbons (Fsp3) is 0.381. The van der Waals surface area contributed by atoms with Crippen molar-refractivity contribution in [3.8, 4) is 0 Å². The molecule has 0 radical (unpaired) electrons. The third kappa shape index (κ3) is 4.50. The highest BCUT2D eigenvalue weighted by Gasteiger charge is 2.36. The minimum atomic E-state index is -0.591. The van der Waals surface area contributed by atoms with Crippen LogP contribution < -0.4 is 0 Å². The molecule has 1 aliphatic heterocycles. The molecule has 1 unspecified atom stereocenters. The molecule has 0 bridgehead atoms. The molecule has 2 aromatic carbocycles. The molecule has 4 rings (SSSR count). The monoisotopic (exact) mass is 422 g/mol. The van der Waals surface area contributed by atoms with Gasteiger partial charge in [0.15, 0.2) is 0 Å². The van der Waals surface area contributed by atoms with Gasteiger partial charge in [-0.05, 0) is 36.6 Å². The first-order valence-electron chi connectivity index (χ1n) is 9.36. The van der Waals surface area contributed by atoms with Crippen LogP contribution in [0.25, 0.3) is 0 Å². The lowest BCUT2D eigenvalue weighted by molar-refractivity contribution is -0.132. The predicted octanol–water partition coefficient (Wildman–Crippen LogP) is 4.86. The summed E-state index contributed by atoms with van der Waals surface area (Å²) in [7, 11) is 0. The van der Waals surface area contributed by atoms with Crippen LogP contribution >= 0.6 is 23.4 Å². The van der Waals surface area contributed by atoms with Crippen LogP contribution in [0.2, 0.25) is 5.02 Å². The molecule has 1 saturated heterocycles. The molecule has 3 nitrogen and oxygen atoms in total. The summed E-state index contributed by atoms with van der Waals surface area (Å²) in [6.07, 6.45) is 2.02. The number of carbonyl (C=O) groups excluding carboxylic acids is 1. The second kappa shape index (κ2) is 8.39. The van der Waals surface area contributed by atoms with Gasteiger partial charge in [-0.3, -0.25) is 9.69 Å². The van der Waals surface area contributed by atoms with Crippen LogP contribution in [0.3, 0.4) is 0 Å². The quantitative estimate of drug-likeness (QED) is 0.664. The molecule has 1 aliphatic carbocycles. The van der Waals surface area contributed by atoms with Gasteiger partial charge in [0.25, 0.3) is 0 Å². The summed E-state index contributed by atoms with van der Waals surface area (Å²) < 4.78 is 27.1. The molecule has 1 amide bonds. The number of thioether (sulfide) groups is 1. The largest absolute Gasteiger partial charge is 0.325 e. The molecule has 7 heteroatoms. The third-order valence-corrected chi connectivity index (χ3v) is 6.68. The van der Waals surface area contributed by atoms with Gasteiger partial charge in [0.1, 0.15) is 17.0 Å². The maximum atomic E-state index is 13.5. The molecule has 1 saturated carbocycles. The normalized spacial score (nSPS) is 19.4. The van der Waals surface area contributed by atoms with Gasteiger partial charge in [-0.25, -0.2) is 8.78 Å². The van der Waals surface area contributed by atoms with Gasteiger partial charge < -0.3 is 4.90 Å². The summed E-state index contributed by atoms with van der Waals surface area (Å²) in [5.41, 5.74) is 1.50. The van der Waals surface area contributed by atoms with E-state index in [1.807, 2.05) is 34.1 Å². The Kier molecular flexibility index (Phi) is 5.90. The molecule has 1 heterocycles. The number of halogens is 3. The van der Waals surface area contributed by atoms with Crippen molar-refractivity contribution in [1.82, 2.24) is 9.80 Å². The van der Waals surface area contributed by atoms with Crippen LogP contribution in [0, 0.1) is 11.6 Å². The Hall–Kier alpha value is -1.63. The van der Waals surface area contributed by atoms with Crippen LogP contribution in [0.1, 0.15) is 29.3 Å². The Balaban J connectivity index is 1.48. The van der Waals surface area contributed by atoms with E-state index in [1.54, 1.807) is 11.8 Å². The minimum absolute atomic E-state index is 0.0266. The molecule has 28 heavy (non-hydrogen) atoms. The molecule has 1 atom stereocenters. The van der Waals surface area contributed by atoms with E-state index in [-0.39, 0.29) is 17.8 Å². The van der Waals surface area contributed by atoms with E-state index < -0.39 is 11.6 Å². The number of benzene rings is 2. The van der Waals surface area contributed by atoms with E-state index in [4.69, 9.17) is 11.6 Å². The molecule has 0 spiro atoms. The highest BCUT2D eigenvalue weighted by atomic mass is 35.5. The predicted molar refractivity (Wildman–Crippen MR) is 108 cm³/mol. The summed E-state index contributed by atoms with van der Waals surface area (Å²) in [6.45, 7) is 1.28. The molecule has 2 aromatic rings. The van der Waals surface area contributed by atoms with E-state index in [0.29, 0.717) is 29.7 Å². The van der Waals surface area contributed by atoms with Crippen molar-refractivity contribution in [2.24, 2.45) is 0 Å². The summed E-state index contributed by atoms with van der Waals surface area (Å²) in [5, 5.41) is 0.572. The molecule has 148 valence electrons. The maximum Gasteiger partial charge on any atom is 0.237 e. The summed E-state index contributed by atoms with van der Waals surface area (Å²) in [4.78, 5) is 17.0. The van der Waals surface area contributed by atoms with Crippen molar-refractivity contribution in [3.05, 3.63) is 70.2 Å². The lowest BCUT2D eigenvalue weighted by Crippen LogP contribution is -2.40. The fourth-order valence-electron chi connectivity index (χ4n) is 3.61. The standard InChI is InChI=1S/C21H21ClF2N2OS/c22-19-4-2-1-3-18(19)21-26(7-8-28-21)20(27)13-25(17-5-6-17)12-14-9-15(23)11-16(24)10-14/h1-4,9-11,17,21H,5-8,12-13H2. The zero-order valence-corrected chi connectivity index (χ0v) is 16.9. The maximum absolute atomic E-state index is 13.5. The van der Waals surface area contributed by atoms with E-state index in [9.17, 15) is 13.6 Å². The lowest BCUT2D eigenvalue weighted by Gasteiger charge is -2.29. The Bertz CT molecular complexity index is 857. The van der Waals surface area contributed by atoms with Crippen molar-refractivity contribution in [3.63, 3.8) is 0 Å². The van der Waals surface area contributed by atoms with Gasteiger partial charge in [-0.15, -0.1) is 11.8 Å². The van der Waals surface area contributed by atoms with Crippen molar-refractivity contribution < 1.29 is 13.6 Å². The van der Waals surface area contributed by atoms with Gasteiger partial charge in [0, 0.05) is 41.5 Å². The fourth-order valence-corrected chi connectivity index (χ4v) is 5.23. The first-order valence-corrected chi connectivity index (χ1v) is 10.8. The van der Waals surface area contributed by atoms with E-state index in [0.717, 1.165) is 30.2 Å². The van der Waals surface area contributed by atoms with Crippen LogP contribution in [0.15, 0.2) is 42.5 Å². The highest BCUT2D eigenvalue weighted by molar-refractivity contribution is 7.99. The topological polar surface area (TPSA) is 23.6 Å². The Morgan fingerprint density at radius 2 is 1.89 bits per heavy atom. The van der Waals surface area contributed by atoms with Gasteiger partial charge in [0.2, 0.25) is 5.91 Å². The van der Waals surface area contributed by atoms with Crippen molar-refractivity contribution >= 4 is 29.3 Å². The second-order valence-corrected chi connectivity index (χ2v) is 8.84. The van der Waals surface area contributed by atoms with Crippen LogP contribution in [0.4, 0.5) is 8.78 Å².